The molecule has 6 heteroatoms. The summed E-state index contributed by atoms with van der Waals surface area (Å²) in [4.78, 5) is 27.8. The first-order valence-electron chi connectivity index (χ1n) is 9.87. The lowest BCUT2D eigenvalue weighted by molar-refractivity contribution is -0.131. The maximum atomic E-state index is 12.6. The molecule has 0 saturated heterocycles. The highest BCUT2D eigenvalue weighted by Crippen LogP contribution is 2.30. The van der Waals surface area contributed by atoms with Gasteiger partial charge in [-0.05, 0) is 38.5 Å². The first-order valence-corrected chi connectivity index (χ1v) is 10.9. The first-order chi connectivity index (χ1) is 14.0. The van der Waals surface area contributed by atoms with E-state index in [0.29, 0.717) is 25.4 Å². The van der Waals surface area contributed by atoms with Crippen molar-refractivity contribution in [2.75, 3.05) is 24.2 Å². The van der Waals surface area contributed by atoms with Gasteiger partial charge in [-0.3, -0.25) is 9.59 Å². The van der Waals surface area contributed by atoms with Gasteiger partial charge in [0.15, 0.2) is 0 Å². The predicted octanol–water partition coefficient (Wildman–Crippen LogP) is 4.55. The molecule has 29 heavy (non-hydrogen) atoms. The summed E-state index contributed by atoms with van der Waals surface area (Å²) in [5, 5.41) is 4.03. The molecule has 2 amide bonds. The van der Waals surface area contributed by atoms with Gasteiger partial charge in [-0.25, -0.2) is 0 Å². The van der Waals surface area contributed by atoms with Crippen LogP contribution in [0.1, 0.15) is 19.4 Å². The number of nitrogens with one attached hydrogen (secondary N) is 1. The van der Waals surface area contributed by atoms with Gasteiger partial charge in [0.05, 0.1) is 5.75 Å². The molecule has 0 spiro atoms. The van der Waals surface area contributed by atoms with Gasteiger partial charge in [0.2, 0.25) is 11.8 Å². The molecule has 1 heterocycles. The van der Waals surface area contributed by atoms with Crippen molar-refractivity contribution >= 4 is 40.2 Å². The zero-order valence-corrected chi connectivity index (χ0v) is 18.0. The van der Waals surface area contributed by atoms with Crippen LogP contribution in [0.4, 0.5) is 5.69 Å². The minimum Gasteiger partial charge on any atom is -0.342 e. The number of carbonyl (C=O) groups excluding carboxylic acids is 2. The zero-order valence-electron chi connectivity index (χ0n) is 17.1. The number of likely N-dealkylation sites (N-methyl/N-ethyl adjacent to an activating group) is 1. The second kappa shape index (κ2) is 9.65. The number of hydrogen-bond donors (Lipinski definition) is 1. The third kappa shape index (κ3) is 5.01. The van der Waals surface area contributed by atoms with Crippen LogP contribution in [0.2, 0.25) is 0 Å². The SMILES string of the molecule is CCN(CC)C(=O)Cn1cc(SCC(=O)Nc2ccccc2C)c2ccccc21. The third-order valence-electron chi connectivity index (χ3n) is 4.95. The van der Waals surface area contributed by atoms with Crippen LogP contribution in [0.3, 0.4) is 0 Å². The molecule has 0 saturated carbocycles. The highest BCUT2D eigenvalue weighted by atomic mass is 32.2. The summed E-state index contributed by atoms with van der Waals surface area (Å²) in [5.74, 6) is 0.372. The molecule has 0 aliphatic carbocycles. The average molecular weight is 410 g/mol. The van der Waals surface area contributed by atoms with Gasteiger partial charge in [-0.2, -0.15) is 0 Å². The Bertz CT molecular complexity index is 1010. The molecule has 5 nitrogen and oxygen atoms in total. The number of anilines is 1. The molecule has 0 radical (unpaired) electrons. The van der Waals surface area contributed by atoms with Crippen LogP contribution < -0.4 is 5.32 Å². The summed E-state index contributed by atoms with van der Waals surface area (Å²) in [5.41, 5.74) is 2.89. The summed E-state index contributed by atoms with van der Waals surface area (Å²) in [7, 11) is 0. The number of aryl methyl sites for hydroxylation is 1. The Balaban J connectivity index is 1.73. The highest BCUT2D eigenvalue weighted by molar-refractivity contribution is 8.00. The Labute approximate surface area is 176 Å². The topological polar surface area (TPSA) is 54.3 Å². The van der Waals surface area contributed by atoms with E-state index in [4.69, 9.17) is 0 Å². The quantitative estimate of drug-likeness (QED) is 0.556. The maximum Gasteiger partial charge on any atom is 0.242 e. The van der Waals surface area contributed by atoms with Crippen LogP contribution in [0.25, 0.3) is 10.9 Å². The van der Waals surface area contributed by atoms with E-state index in [0.717, 1.165) is 27.0 Å². The Morgan fingerprint density at radius 2 is 1.72 bits per heavy atom. The van der Waals surface area contributed by atoms with Gasteiger partial charge < -0.3 is 14.8 Å². The zero-order chi connectivity index (χ0) is 20.8. The van der Waals surface area contributed by atoms with Crippen molar-refractivity contribution in [3.8, 4) is 0 Å². The Kier molecular flexibility index (Phi) is 6.99. The molecule has 1 N–H and O–H groups in total. The van der Waals surface area contributed by atoms with Crippen molar-refractivity contribution in [1.29, 1.82) is 0 Å². The molecule has 3 aromatic rings. The van der Waals surface area contributed by atoms with Gasteiger partial charge in [0.25, 0.3) is 0 Å². The van der Waals surface area contributed by atoms with E-state index in [9.17, 15) is 9.59 Å². The average Bonchev–Trinajstić information content (AvgIpc) is 3.07. The molecule has 0 bridgehead atoms. The molecular weight excluding hydrogens is 382 g/mol. The summed E-state index contributed by atoms with van der Waals surface area (Å²) in [6.07, 6.45) is 1.98. The van der Waals surface area contributed by atoms with Gasteiger partial charge in [-0.15, -0.1) is 11.8 Å². The van der Waals surface area contributed by atoms with E-state index in [2.05, 4.69) is 5.32 Å². The van der Waals surface area contributed by atoms with Crippen molar-refractivity contribution in [1.82, 2.24) is 9.47 Å². The first kappa shape index (κ1) is 21.0. The van der Waals surface area contributed by atoms with E-state index < -0.39 is 0 Å². The minimum atomic E-state index is -0.0413. The number of benzene rings is 2. The Morgan fingerprint density at radius 3 is 2.45 bits per heavy atom. The van der Waals surface area contributed by atoms with Crippen LogP contribution in [-0.2, 0) is 16.1 Å². The number of hydrogen-bond acceptors (Lipinski definition) is 3. The van der Waals surface area contributed by atoms with E-state index in [1.165, 1.54) is 11.8 Å². The van der Waals surface area contributed by atoms with Gasteiger partial charge in [-0.1, -0.05) is 36.4 Å². The largest absolute Gasteiger partial charge is 0.342 e. The fraction of sp³-hybridized carbons (Fsp3) is 0.304. The molecule has 3 rings (SSSR count). The number of amides is 2. The van der Waals surface area contributed by atoms with Crippen LogP contribution in [-0.4, -0.2) is 40.1 Å². The molecule has 0 atom stereocenters. The number of fused-ring (bicyclic) bond motifs is 1. The van der Waals surface area contributed by atoms with Crippen molar-refractivity contribution in [3.05, 3.63) is 60.3 Å². The van der Waals surface area contributed by atoms with Crippen LogP contribution in [0.15, 0.2) is 59.6 Å². The third-order valence-corrected chi connectivity index (χ3v) is 5.99. The molecule has 0 aliphatic rings. The fourth-order valence-corrected chi connectivity index (χ4v) is 4.21. The summed E-state index contributed by atoms with van der Waals surface area (Å²) >= 11 is 1.49. The minimum absolute atomic E-state index is 0.0413. The van der Waals surface area contributed by atoms with Crippen LogP contribution in [0.5, 0.6) is 0 Å². The van der Waals surface area contributed by atoms with Crippen LogP contribution >= 0.6 is 11.8 Å². The van der Waals surface area contributed by atoms with E-state index >= 15 is 0 Å². The predicted molar refractivity (Wildman–Crippen MR) is 120 cm³/mol. The maximum absolute atomic E-state index is 12.6. The van der Waals surface area contributed by atoms with Gasteiger partial charge in [0, 0.05) is 40.8 Å². The lowest BCUT2D eigenvalue weighted by Crippen LogP contribution is -2.33. The standard InChI is InChI=1S/C23H27N3O2S/c1-4-25(5-2)23(28)15-26-14-21(18-11-7-9-13-20(18)26)29-16-22(27)24-19-12-8-6-10-17(19)3/h6-14H,4-5,15-16H2,1-3H3,(H,24,27). The van der Waals surface area contributed by atoms with E-state index in [1.807, 2.05) is 85.0 Å². The number of para-hydroxylation sites is 2. The van der Waals surface area contributed by atoms with Gasteiger partial charge in [0.1, 0.15) is 6.54 Å². The lowest BCUT2D eigenvalue weighted by Gasteiger charge is -2.19. The van der Waals surface area contributed by atoms with E-state index in [1.54, 1.807) is 0 Å². The second-order valence-electron chi connectivity index (χ2n) is 6.86. The fourth-order valence-electron chi connectivity index (χ4n) is 3.32. The van der Waals surface area contributed by atoms with Crippen LogP contribution in [0, 0.1) is 6.92 Å². The van der Waals surface area contributed by atoms with Gasteiger partial charge >= 0.3 is 0 Å². The molecule has 152 valence electrons. The Morgan fingerprint density at radius 1 is 1.03 bits per heavy atom. The number of aromatic nitrogens is 1. The summed E-state index contributed by atoms with van der Waals surface area (Å²) in [6, 6.07) is 15.8. The Hall–Kier alpha value is -2.73. The smallest absolute Gasteiger partial charge is 0.242 e. The van der Waals surface area contributed by atoms with E-state index in [-0.39, 0.29) is 11.8 Å². The van der Waals surface area contributed by atoms with Crippen molar-refractivity contribution in [2.45, 2.75) is 32.2 Å². The number of thioether (sulfide) groups is 1. The molecular formula is C23H27N3O2S. The molecule has 0 fully saturated rings. The lowest BCUT2D eigenvalue weighted by atomic mass is 10.2. The number of carbonyl (C=O) groups is 2. The summed E-state index contributed by atoms with van der Waals surface area (Å²) < 4.78 is 1.98. The monoisotopic (exact) mass is 409 g/mol. The highest BCUT2D eigenvalue weighted by Gasteiger charge is 2.15. The molecule has 0 unspecified atom stereocenters. The normalized spacial score (nSPS) is 10.9. The second-order valence-corrected chi connectivity index (χ2v) is 7.87. The number of nitrogens with zero attached hydrogens (tertiary/aromatic N) is 2. The summed E-state index contributed by atoms with van der Waals surface area (Å²) in [6.45, 7) is 7.67. The molecule has 1 aromatic heterocycles. The van der Waals surface area contributed by atoms with Crippen molar-refractivity contribution in [3.63, 3.8) is 0 Å². The number of rotatable bonds is 8. The van der Waals surface area contributed by atoms with Crippen molar-refractivity contribution in [2.24, 2.45) is 0 Å². The molecule has 0 aliphatic heterocycles. The molecule has 2 aromatic carbocycles. The van der Waals surface area contributed by atoms with Crippen molar-refractivity contribution < 1.29 is 9.59 Å².